The molecule has 0 heterocycles. The molecule has 1 aliphatic rings. The molecular weight excluding hydrogens is 661 g/mol. The predicted octanol–water partition coefficient (Wildman–Crippen LogP) is 20.9. The minimum Gasteiger partial charge on any atom is -0.0654 e. The van der Waals surface area contributed by atoms with E-state index < -0.39 is 0 Å². The van der Waals surface area contributed by atoms with Gasteiger partial charge < -0.3 is 0 Å². The van der Waals surface area contributed by atoms with Gasteiger partial charge in [-0.1, -0.05) is 277 Å². The predicted molar refractivity (Wildman–Crippen MR) is 254 cm³/mol. The van der Waals surface area contributed by atoms with Crippen LogP contribution in [0.4, 0.5) is 0 Å². The van der Waals surface area contributed by atoms with Gasteiger partial charge >= 0.3 is 0 Å². The van der Waals surface area contributed by atoms with E-state index in [1.165, 1.54) is 289 Å². The fourth-order valence-corrected chi connectivity index (χ4v) is 9.89. The molecule has 0 N–H and O–H groups in total. The monoisotopic (exact) mass is 767 g/mol. The van der Waals surface area contributed by atoms with Crippen molar-refractivity contribution < 1.29 is 0 Å². The summed E-state index contributed by atoms with van der Waals surface area (Å²) in [7, 11) is 0. The standard InChI is InChI=1S/C55H106/c1-6-11-16-21-26-31-36-41-46-51-52(47-42-37-32-27-22-17-12-7-2)54(49-44-39-34-29-24-19-14-9-4)55(50-45-40-35-30-25-20-15-10-5)53(51)48-43-38-33-28-23-18-13-8-3/h51H,6-50H2,1-5H3. The third kappa shape index (κ3) is 29.4. The van der Waals surface area contributed by atoms with E-state index in [-0.39, 0.29) is 0 Å². The fourth-order valence-electron chi connectivity index (χ4n) is 9.89. The second-order valence-electron chi connectivity index (χ2n) is 18.7. The molecule has 0 heteroatoms. The minimum atomic E-state index is 0.808. The van der Waals surface area contributed by atoms with Gasteiger partial charge in [-0.25, -0.2) is 0 Å². The quantitative estimate of drug-likeness (QED) is 0.0542. The Labute approximate surface area is 350 Å². The Morgan fingerprint density at radius 3 is 0.673 bits per heavy atom. The Hall–Kier alpha value is -0.520. The number of rotatable bonds is 45. The Bertz CT molecular complexity index is 782. The van der Waals surface area contributed by atoms with E-state index in [0.29, 0.717) is 0 Å². The Morgan fingerprint density at radius 1 is 0.218 bits per heavy atom. The van der Waals surface area contributed by atoms with Crippen LogP contribution in [0.2, 0.25) is 0 Å². The van der Waals surface area contributed by atoms with Crippen LogP contribution >= 0.6 is 0 Å². The van der Waals surface area contributed by atoms with Crippen LogP contribution < -0.4 is 0 Å². The summed E-state index contributed by atoms with van der Waals surface area (Å²) >= 11 is 0. The van der Waals surface area contributed by atoms with Crippen LogP contribution in [-0.2, 0) is 0 Å². The number of unbranched alkanes of at least 4 members (excludes halogenated alkanes) is 35. The summed E-state index contributed by atoms with van der Waals surface area (Å²) in [5.41, 5.74) is 7.91. The second-order valence-corrected chi connectivity index (χ2v) is 18.7. The number of allylic oxidation sites excluding steroid dienone is 4. The Morgan fingerprint density at radius 2 is 0.418 bits per heavy atom. The van der Waals surface area contributed by atoms with Crippen LogP contribution in [0.15, 0.2) is 22.3 Å². The van der Waals surface area contributed by atoms with Gasteiger partial charge in [-0.3, -0.25) is 0 Å². The average Bonchev–Trinajstić information content (AvgIpc) is 3.46. The molecule has 0 atom stereocenters. The molecule has 0 spiro atoms. The first-order valence-electron chi connectivity index (χ1n) is 26.7. The molecule has 0 unspecified atom stereocenters. The number of hydrogen-bond acceptors (Lipinski definition) is 0. The first-order valence-corrected chi connectivity index (χ1v) is 26.7. The highest BCUT2D eigenvalue weighted by Crippen LogP contribution is 2.48. The van der Waals surface area contributed by atoms with E-state index in [9.17, 15) is 0 Å². The zero-order chi connectivity index (χ0) is 39.7. The van der Waals surface area contributed by atoms with Crippen LogP contribution in [0, 0.1) is 5.92 Å². The molecule has 55 heavy (non-hydrogen) atoms. The molecule has 0 aliphatic heterocycles. The molecule has 1 aliphatic carbocycles. The molecule has 0 radical (unpaired) electrons. The van der Waals surface area contributed by atoms with E-state index in [1.54, 1.807) is 0 Å². The van der Waals surface area contributed by atoms with Gasteiger partial charge in [0.15, 0.2) is 0 Å². The maximum atomic E-state index is 2.35. The van der Waals surface area contributed by atoms with E-state index in [1.807, 2.05) is 22.3 Å². The lowest BCUT2D eigenvalue weighted by Crippen LogP contribution is -2.07. The van der Waals surface area contributed by atoms with Gasteiger partial charge in [-0.2, -0.15) is 0 Å². The summed E-state index contributed by atoms with van der Waals surface area (Å²) in [6.45, 7) is 11.8. The smallest absolute Gasteiger partial charge is 0.00188 e. The van der Waals surface area contributed by atoms with E-state index >= 15 is 0 Å². The first-order chi connectivity index (χ1) is 27.2. The molecule has 0 amide bonds. The molecule has 1 rings (SSSR count). The van der Waals surface area contributed by atoms with Crippen molar-refractivity contribution >= 4 is 0 Å². The maximum Gasteiger partial charge on any atom is 0.00188 e. The summed E-state index contributed by atoms with van der Waals surface area (Å²) in [6, 6.07) is 0. The summed E-state index contributed by atoms with van der Waals surface area (Å²) in [5.74, 6) is 0.808. The summed E-state index contributed by atoms with van der Waals surface area (Å²) in [5, 5.41) is 0. The van der Waals surface area contributed by atoms with Gasteiger partial charge in [0.25, 0.3) is 0 Å². The highest BCUT2D eigenvalue weighted by molar-refractivity contribution is 5.50. The van der Waals surface area contributed by atoms with Crippen molar-refractivity contribution in [1.29, 1.82) is 0 Å². The van der Waals surface area contributed by atoms with Crippen LogP contribution in [0.25, 0.3) is 0 Å². The van der Waals surface area contributed by atoms with Crippen molar-refractivity contribution in [3.8, 4) is 0 Å². The summed E-state index contributed by atoms with van der Waals surface area (Å²) < 4.78 is 0. The highest BCUT2D eigenvalue weighted by Gasteiger charge is 2.31. The fraction of sp³-hybridized carbons (Fsp3) is 0.927. The van der Waals surface area contributed by atoms with Crippen LogP contribution in [0.5, 0.6) is 0 Å². The molecule has 0 saturated heterocycles. The van der Waals surface area contributed by atoms with Crippen molar-refractivity contribution in [2.45, 2.75) is 324 Å². The summed E-state index contributed by atoms with van der Waals surface area (Å²) in [4.78, 5) is 0. The normalized spacial score (nSPS) is 13.7. The molecule has 0 fully saturated rings. The van der Waals surface area contributed by atoms with Crippen molar-refractivity contribution in [2.24, 2.45) is 5.92 Å². The van der Waals surface area contributed by atoms with E-state index in [4.69, 9.17) is 0 Å². The van der Waals surface area contributed by atoms with Gasteiger partial charge in [0.2, 0.25) is 0 Å². The van der Waals surface area contributed by atoms with Gasteiger partial charge in [-0.05, 0) is 68.9 Å². The molecule has 326 valence electrons. The van der Waals surface area contributed by atoms with Gasteiger partial charge in [0.05, 0.1) is 0 Å². The van der Waals surface area contributed by atoms with Crippen molar-refractivity contribution in [3.63, 3.8) is 0 Å². The third-order valence-electron chi connectivity index (χ3n) is 13.5. The third-order valence-corrected chi connectivity index (χ3v) is 13.5. The van der Waals surface area contributed by atoms with E-state index in [0.717, 1.165) is 5.92 Å². The lowest BCUT2D eigenvalue weighted by molar-refractivity contribution is 0.503. The lowest BCUT2D eigenvalue weighted by atomic mass is 9.84. The molecule has 0 nitrogen and oxygen atoms in total. The van der Waals surface area contributed by atoms with Crippen LogP contribution in [0.1, 0.15) is 324 Å². The van der Waals surface area contributed by atoms with Gasteiger partial charge in [-0.15, -0.1) is 0 Å². The zero-order valence-corrected chi connectivity index (χ0v) is 39.4. The van der Waals surface area contributed by atoms with Gasteiger partial charge in [0, 0.05) is 5.92 Å². The van der Waals surface area contributed by atoms with Crippen molar-refractivity contribution in [3.05, 3.63) is 22.3 Å². The maximum absolute atomic E-state index is 2.35. The molecule has 0 aromatic heterocycles. The van der Waals surface area contributed by atoms with Crippen molar-refractivity contribution in [2.75, 3.05) is 0 Å². The molecule has 0 bridgehead atoms. The number of hydrogen-bond donors (Lipinski definition) is 0. The topological polar surface area (TPSA) is 0 Å². The highest BCUT2D eigenvalue weighted by atomic mass is 14.4. The minimum absolute atomic E-state index is 0.808. The zero-order valence-electron chi connectivity index (χ0n) is 39.4. The van der Waals surface area contributed by atoms with Crippen LogP contribution in [0.3, 0.4) is 0 Å². The molecular formula is C55H106. The second kappa shape index (κ2) is 41.6. The molecule has 0 aromatic rings. The largest absolute Gasteiger partial charge is 0.0654 e. The summed E-state index contributed by atoms with van der Waals surface area (Å²) in [6.07, 6.45) is 65.0. The Kier molecular flexibility index (Phi) is 39.7. The van der Waals surface area contributed by atoms with Crippen LogP contribution in [-0.4, -0.2) is 0 Å². The van der Waals surface area contributed by atoms with Crippen molar-refractivity contribution in [1.82, 2.24) is 0 Å². The molecule has 0 saturated carbocycles. The first kappa shape index (κ1) is 52.5. The van der Waals surface area contributed by atoms with Gasteiger partial charge in [0.1, 0.15) is 0 Å². The lowest BCUT2D eigenvalue weighted by Gasteiger charge is -2.21. The average molecular weight is 767 g/mol. The Balaban J connectivity index is 3.17. The SMILES string of the molecule is CCCCCCCCCCC1=C(CCCCCCCCCC)C(CCCCCCCCCC)C(CCCCCCCCCC)=C1CCCCCCCCCC. The molecule has 0 aromatic carbocycles. The van der Waals surface area contributed by atoms with E-state index in [2.05, 4.69) is 34.6 Å².